The third-order valence-corrected chi connectivity index (χ3v) is 5.04. The average Bonchev–Trinajstić information content (AvgIpc) is 2.78. The van der Waals surface area contributed by atoms with Gasteiger partial charge in [0.2, 0.25) is 10.0 Å². The van der Waals surface area contributed by atoms with E-state index in [4.69, 9.17) is 9.66 Å². The molecule has 0 aliphatic carbocycles. The number of primary sulfonamides is 1. The predicted molar refractivity (Wildman–Crippen MR) is 83.2 cm³/mol. The molecule has 0 bridgehead atoms. The van der Waals surface area contributed by atoms with Crippen molar-refractivity contribution >= 4 is 15.7 Å². The van der Waals surface area contributed by atoms with Gasteiger partial charge in [-0.15, -0.1) is 0 Å². The Hall–Kier alpha value is -1.86. The molecule has 2 heterocycles. The summed E-state index contributed by atoms with van der Waals surface area (Å²) < 4.78 is 28.4. The topological polar surface area (TPSA) is 89.4 Å². The zero-order valence-corrected chi connectivity index (χ0v) is 13.5. The molecule has 2 aromatic rings. The summed E-state index contributed by atoms with van der Waals surface area (Å²) in [7, 11) is -3.70. The van der Waals surface area contributed by atoms with Crippen LogP contribution in [0.25, 0.3) is 0 Å². The number of nitrogens with zero attached hydrogens (tertiary/aromatic N) is 2. The van der Waals surface area contributed by atoms with Crippen LogP contribution in [0.15, 0.2) is 27.6 Å². The van der Waals surface area contributed by atoms with Crippen LogP contribution in [0.5, 0.6) is 0 Å². The van der Waals surface area contributed by atoms with E-state index in [0.717, 1.165) is 47.7 Å². The first-order chi connectivity index (χ1) is 10.4. The number of hydrogen-bond acceptors (Lipinski definition) is 5. The molecule has 6 nitrogen and oxygen atoms in total. The molecule has 3 rings (SSSR count). The molecule has 0 unspecified atom stereocenters. The van der Waals surface area contributed by atoms with E-state index >= 15 is 0 Å². The van der Waals surface area contributed by atoms with Crippen LogP contribution in [0, 0.1) is 13.8 Å². The van der Waals surface area contributed by atoms with Gasteiger partial charge < -0.3 is 9.42 Å². The lowest BCUT2D eigenvalue weighted by molar-refractivity contribution is 0.392. The summed E-state index contributed by atoms with van der Waals surface area (Å²) in [6.07, 6.45) is 1.98. The van der Waals surface area contributed by atoms with Crippen molar-refractivity contribution in [3.05, 3.63) is 40.8 Å². The standard InChI is InChI=1S/C15H19N3O3S/c1-10-14(11(2)21-17-10)9-18-7-3-4-12-5-6-13(8-15(12)18)22(16,19)20/h5-6,8H,3-4,7,9H2,1-2H3,(H2,16,19,20). The fourth-order valence-corrected chi connectivity index (χ4v) is 3.42. The highest BCUT2D eigenvalue weighted by Gasteiger charge is 2.22. The first-order valence-corrected chi connectivity index (χ1v) is 8.73. The Morgan fingerprint density at radius 1 is 1.36 bits per heavy atom. The molecule has 118 valence electrons. The van der Waals surface area contributed by atoms with E-state index in [1.54, 1.807) is 12.1 Å². The lowest BCUT2D eigenvalue weighted by Gasteiger charge is -2.31. The highest BCUT2D eigenvalue weighted by molar-refractivity contribution is 7.89. The number of aryl methyl sites for hydroxylation is 3. The largest absolute Gasteiger partial charge is 0.367 e. The molecule has 0 atom stereocenters. The van der Waals surface area contributed by atoms with Crippen molar-refractivity contribution in [2.75, 3.05) is 11.4 Å². The lowest BCUT2D eigenvalue weighted by Crippen LogP contribution is -2.29. The summed E-state index contributed by atoms with van der Waals surface area (Å²) in [5.74, 6) is 0.798. The minimum atomic E-state index is -3.70. The second-order valence-electron chi connectivity index (χ2n) is 5.66. The zero-order chi connectivity index (χ0) is 15.9. The molecule has 0 amide bonds. The van der Waals surface area contributed by atoms with Crippen molar-refractivity contribution in [3.63, 3.8) is 0 Å². The van der Waals surface area contributed by atoms with Crippen molar-refractivity contribution < 1.29 is 12.9 Å². The lowest BCUT2D eigenvalue weighted by atomic mass is 10.0. The van der Waals surface area contributed by atoms with E-state index in [2.05, 4.69) is 10.1 Å². The minimum absolute atomic E-state index is 0.150. The van der Waals surface area contributed by atoms with Crippen LogP contribution in [0.3, 0.4) is 0 Å². The number of hydrogen-bond donors (Lipinski definition) is 1. The molecule has 7 heteroatoms. The molecule has 2 N–H and O–H groups in total. The van der Waals surface area contributed by atoms with Gasteiger partial charge in [0.25, 0.3) is 0 Å². The maximum Gasteiger partial charge on any atom is 0.238 e. The molecule has 0 saturated heterocycles. The number of aromatic nitrogens is 1. The van der Waals surface area contributed by atoms with Crippen molar-refractivity contribution in [2.45, 2.75) is 38.1 Å². The molecule has 0 radical (unpaired) electrons. The number of anilines is 1. The molecule has 1 aromatic heterocycles. The molecule has 1 aliphatic heterocycles. The van der Waals surface area contributed by atoms with Crippen molar-refractivity contribution in [1.29, 1.82) is 0 Å². The van der Waals surface area contributed by atoms with E-state index < -0.39 is 10.0 Å². The van der Waals surface area contributed by atoms with Gasteiger partial charge in [0.1, 0.15) is 5.76 Å². The quantitative estimate of drug-likeness (QED) is 0.932. The molecule has 1 aliphatic rings. The van der Waals surface area contributed by atoms with Crippen molar-refractivity contribution in [3.8, 4) is 0 Å². The van der Waals surface area contributed by atoms with Crippen molar-refractivity contribution in [1.82, 2.24) is 5.16 Å². The fourth-order valence-electron chi connectivity index (χ4n) is 2.89. The van der Waals surface area contributed by atoms with Gasteiger partial charge in [-0.2, -0.15) is 0 Å². The molecule has 0 spiro atoms. The van der Waals surface area contributed by atoms with Crippen LogP contribution >= 0.6 is 0 Å². The van der Waals surface area contributed by atoms with Gasteiger partial charge in [-0.05, 0) is 44.4 Å². The van der Waals surface area contributed by atoms with Crippen LogP contribution in [0.4, 0.5) is 5.69 Å². The van der Waals surface area contributed by atoms with Gasteiger partial charge in [0.05, 0.1) is 10.6 Å². The number of benzene rings is 1. The zero-order valence-electron chi connectivity index (χ0n) is 12.7. The molecule has 1 aromatic carbocycles. The monoisotopic (exact) mass is 321 g/mol. The minimum Gasteiger partial charge on any atom is -0.367 e. The van der Waals surface area contributed by atoms with Crippen LogP contribution < -0.4 is 10.0 Å². The smallest absolute Gasteiger partial charge is 0.238 e. The Kier molecular flexibility index (Phi) is 3.70. The van der Waals surface area contributed by atoms with Crippen LogP contribution in [0.2, 0.25) is 0 Å². The maximum absolute atomic E-state index is 11.6. The third-order valence-electron chi connectivity index (χ3n) is 4.13. The first-order valence-electron chi connectivity index (χ1n) is 7.18. The first kappa shape index (κ1) is 15.1. The van der Waals surface area contributed by atoms with Gasteiger partial charge in [-0.25, -0.2) is 13.6 Å². The van der Waals surface area contributed by atoms with E-state index in [1.807, 2.05) is 19.9 Å². The summed E-state index contributed by atoms with van der Waals surface area (Å²) in [4.78, 5) is 2.32. The third kappa shape index (κ3) is 2.74. The fraction of sp³-hybridized carbons (Fsp3) is 0.400. The van der Waals surface area contributed by atoms with Crippen LogP contribution in [-0.4, -0.2) is 20.1 Å². The number of sulfonamides is 1. The molecule has 0 saturated carbocycles. The number of rotatable bonds is 3. The predicted octanol–water partition coefficient (Wildman–Crippen LogP) is 1.89. The van der Waals surface area contributed by atoms with Crippen LogP contribution in [-0.2, 0) is 23.0 Å². The SMILES string of the molecule is Cc1noc(C)c1CN1CCCc2ccc(S(N)(=O)=O)cc21. The maximum atomic E-state index is 11.6. The molecule has 0 fully saturated rings. The van der Waals surface area contributed by atoms with Gasteiger partial charge in [-0.1, -0.05) is 11.2 Å². The summed E-state index contributed by atoms with van der Waals surface area (Å²) in [6, 6.07) is 5.10. The number of nitrogens with two attached hydrogens (primary N) is 1. The normalized spacial score (nSPS) is 15.0. The van der Waals surface area contributed by atoms with Gasteiger partial charge in [-0.3, -0.25) is 0 Å². The summed E-state index contributed by atoms with van der Waals surface area (Å²) >= 11 is 0. The Labute approximate surface area is 129 Å². The van der Waals surface area contributed by atoms with E-state index in [9.17, 15) is 8.42 Å². The van der Waals surface area contributed by atoms with E-state index in [0.29, 0.717) is 6.54 Å². The average molecular weight is 321 g/mol. The van der Waals surface area contributed by atoms with E-state index in [1.165, 1.54) is 0 Å². The summed E-state index contributed by atoms with van der Waals surface area (Å²) in [5.41, 5.74) is 3.99. The Balaban J connectivity index is 2.00. The Bertz CT molecular complexity index is 792. The highest BCUT2D eigenvalue weighted by atomic mass is 32.2. The second kappa shape index (κ2) is 5.40. The highest BCUT2D eigenvalue weighted by Crippen LogP contribution is 2.31. The van der Waals surface area contributed by atoms with E-state index in [-0.39, 0.29) is 4.90 Å². The van der Waals surface area contributed by atoms with Crippen molar-refractivity contribution in [2.24, 2.45) is 5.14 Å². The van der Waals surface area contributed by atoms with Gasteiger partial charge >= 0.3 is 0 Å². The summed E-state index contributed by atoms with van der Waals surface area (Å²) in [6.45, 7) is 5.33. The Morgan fingerprint density at radius 3 is 2.77 bits per heavy atom. The molecular weight excluding hydrogens is 302 g/mol. The van der Waals surface area contributed by atoms with Crippen LogP contribution in [0.1, 0.15) is 29.0 Å². The molecular formula is C15H19N3O3S. The number of fused-ring (bicyclic) bond motifs is 1. The summed E-state index contributed by atoms with van der Waals surface area (Å²) in [5, 5.41) is 9.23. The van der Waals surface area contributed by atoms with Gasteiger partial charge in [0, 0.05) is 24.3 Å². The Morgan fingerprint density at radius 2 is 2.14 bits per heavy atom. The molecule has 22 heavy (non-hydrogen) atoms. The second-order valence-corrected chi connectivity index (χ2v) is 7.22. The van der Waals surface area contributed by atoms with Gasteiger partial charge in [0.15, 0.2) is 0 Å².